The number of phenols is 1. The van der Waals surface area contributed by atoms with Gasteiger partial charge in [0.15, 0.2) is 0 Å². The lowest BCUT2D eigenvalue weighted by molar-refractivity contribution is -0.115. The zero-order chi connectivity index (χ0) is 21.0. The molecule has 3 rings (SSSR count). The van der Waals surface area contributed by atoms with E-state index in [4.69, 9.17) is 0 Å². The fourth-order valence-electron chi connectivity index (χ4n) is 3.52. The second-order valence-electron chi connectivity index (χ2n) is 8.16. The minimum absolute atomic E-state index is 0.0691. The van der Waals surface area contributed by atoms with Crippen LogP contribution in [-0.2, 0) is 17.6 Å². The Bertz CT molecular complexity index is 1000. The summed E-state index contributed by atoms with van der Waals surface area (Å²) in [6, 6.07) is 19.5. The average molecular weight is 388 g/mol. The van der Waals surface area contributed by atoms with E-state index in [1.807, 2.05) is 13.0 Å². The highest BCUT2D eigenvalue weighted by atomic mass is 16.3. The highest BCUT2D eigenvalue weighted by Gasteiger charge is 2.09. The number of amides is 1. The van der Waals surface area contributed by atoms with Crippen LogP contribution in [0, 0.1) is 19.8 Å². The average Bonchev–Trinajstić information content (AvgIpc) is 2.66. The van der Waals surface area contributed by atoms with Gasteiger partial charge < -0.3 is 10.4 Å². The van der Waals surface area contributed by atoms with E-state index >= 15 is 0 Å². The maximum Gasteiger partial charge on any atom is 0.228 e. The molecule has 0 fully saturated rings. The minimum Gasteiger partial charge on any atom is -0.508 e. The van der Waals surface area contributed by atoms with Crippen molar-refractivity contribution >= 4 is 11.6 Å². The molecule has 0 radical (unpaired) electrons. The molecular weight excluding hydrogens is 358 g/mol. The third-order valence-corrected chi connectivity index (χ3v) is 5.11. The summed E-state index contributed by atoms with van der Waals surface area (Å²) in [7, 11) is 0. The molecular formula is C26H29NO2. The Hall–Kier alpha value is -3.07. The summed E-state index contributed by atoms with van der Waals surface area (Å²) in [6.45, 7) is 8.67. The number of aromatic hydroxyl groups is 1. The number of aryl methyl sites for hydroxylation is 2. The van der Waals surface area contributed by atoms with E-state index < -0.39 is 0 Å². The van der Waals surface area contributed by atoms with Crippen LogP contribution >= 0.6 is 0 Å². The van der Waals surface area contributed by atoms with E-state index in [2.05, 4.69) is 56.4 Å². The SMILES string of the molecule is Cc1cc(-c2ccc(NC(=O)Cc3ccc(O)cc3)c(C)c2)ccc1CC(C)C. The molecule has 0 atom stereocenters. The summed E-state index contributed by atoms with van der Waals surface area (Å²) in [6.07, 6.45) is 1.37. The Morgan fingerprint density at radius 2 is 1.52 bits per heavy atom. The van der Waals surface area contributed by atoms with Gasteiger partial charge in [-0.3, -0.25) is 4.79 Å². The first-order chi connectivity index (χ1) is 13.8. The van der Waals surface area contributed by atoms with E-state index in [9.17, 15) is 9.90 Å². The van der Waals surface area contributed by atoms with Crippen LogP contribution in [0.15, 0.2) is 60.7 Å². The summed E-state index contributed by atoms with van der Waals surface area (Å²) in [5.41, 5.74) is 7.79. The smallest absolute Gasteiger partial charge is 0.228 e. The van der Waals surface area contributed by atoms with Gasteiger partial charge in [0, 0.05) is 5.69 Å². The molecule has 0 unspecified atom stereocenters. The number of nitrogens with one attached hydrogen (secondary N) is 1. The van der Waals surface area contributed by atoms with Gasteiger partial charge in [0.1, 0.15) is 5.75 Å². The first kappa shape index (κ1) is 20.7. The van der Waals surface area contributed by atoms with Crippen LogP contribution in [0.4, 0.5) is 5.69 Å². The van der Waals surface area contributed by atoms with Crippen LogP contribution in [0.2, 0.25) is 0 Å². The highest BCUT2D eigenvalue weighted by molar-refractivity contribution is 5.93. The third kappa shape index (κ3) is 5.47. The molecule has 29 heavy (non-hydrogen) atoms. The van der Waals surface area contributed by atoms with Gasteiger partial charge in [-0.2, -0.15) is 0 Å². The number of carbonyl (C=O) groups excluding carboxylic acids is 1. The molecule has 0 saturated carbocycles. The lowest BCUT2D eigenvalue weighted by Crippen LogP contribution is -2.15. The molecule has 1 amide bonds. The number of anilines is 1. The molecule has 0 spiro atoms. The van der Waals surface area contributed by atoms with Crippen molar-refractivity contribution in [1.29, 1.82) is 0 Å². The molecule has 0 aromatic heterocycles. The van der Waals surface area contributed by atoms with E-state index in [0.29, 0.717) is 5.92 Å². The van der Waals surface area contributed by atoms with Gasteiger partial charge in [-0.05, 0) is 83.8 Å². The molecule has 0 aliphatic carbocycles. The number of hydrogen-bond acceptors (Lipinski definition) is 2. The van der Waals surface area contributed by atoms with Crippen molar-refractivity contribution in [3.63, 3.8) is 0 Å². The highest BCUT2D eigenvalue weighted by Crippen LogP contribution is 2.27. The summed E-state index contributed by atoms with van der Waals surface area (Å²) in [5, 5.41) is 12.3. The molecule has 0 aliphatic rings. The first-order valence-electron chi connectivity index (χ1n) is 10.1. The van der Waals surface area contributed by atoms with E-state index in [1.54, 1.807) is 24.3 Å². The van der Waals surface area contributed by atoms with Gasteiger partial charge in [-0.15, -0.1) is 0 Å². The van der Waals surface area contributed by atoms with Crippen LogP contribution in [-0.4, -0.2) is 11.0 Å². The molecule has 0 saturated heterocycles. The van der Waals surface area contributed by atoms with Crippen LogP contribution in [0.25, 0.3) is 11.1 Å². The van der Waals surface area contributed by atoms with E-state index in [-0.39, 0.29) is 18.1 Å². The molecule has 0 bridgehead atoms. The van der Waals surface area contributed by atoms with E-state index in [0.717, 1.165) is 28.8 Å². The van der Waals surface area contributed by atoms with Crippen molar-refractivity contribution < 1.29 is 9.90 Å². The molecule has 150 valence electrons. The zero-order valence-electron chi connectivity index (χ0n) is 17.6. The molecule has 3 aromatic rings. The molecule has 3 heteroatoms. The Morgan fingerprint density at radius 1 is 0.897 bits per heavy atom. The normalized spacial score (nSPS) is 10.9. The third-order valence-electron chi connectivity index (χ3n) is 5.11. The monoisotopic (exact) mass is 387 g/mol. The Balaban J connectivity index is 1.72. The second kappa shape index (κ2) is 8.95. The van der Waals surface area contributed by atoms with Crippen molar-refractivity contribution in [2.24, 2.45) is 5.92 Å². The quantitative estimate of drug-likeness (QED) is 0.540. The van der Waals surface area contributed by atoms with Gasteiger partial charge in [0.25, 0.3) is 0 Å². The van der Waals surface area contributed by atoms with Crippen molar-refractivity contribution in [3.05, 3.63) is 82.9 Å². The van der Waals surface area contributed by atoms with Crippen LogP contribution < -0.4 is 5.32 Å². The van der Waals surface area contributed by atoms with Gasteiger partial charge in [-0.1, -0.05) is 50.2 Å². The second-order valence-corrected chi connectivity index (χ2v) is 8.16. The van der Waals surface area contributed by atoms with E-state index in [1.165, 1.54) is 16.7 Å². The number of carbonyl (C=O) groups is 1. The number of rotatable bonds is 6. The maximum atomic E-state index is 12.4. The summed E-state index contributed by atoms with van der Waals surface area (Å²) in [5.74, 6) is 0.778. The fraction of sp³-hybridized carbons (Fsp3) is 0.269. The van der Waals surface area contributed by atoms with Crippen LogP contribution in [0.3, 0.4) is 0 Å². The number of hydrogen-bond donors (Lipinski definition) is 2. The Labute approximate surface area is 173 Å². The van der Waals surface area contributed by atoms with Crippen molar-refractivity contribution in [2.75, 3.05) is 5.32 Å². The largest absolute Gasteiger partial charge is 0.508 e. The summed E-state index contributed by atoms with van der Waals surface area (Å²) >= 11 is 0. The van der Waals surface area contributed by atoms with Gasteiger partial charge >= 0.3 is 0 Å². The molecule has 3 nitrogen and oxygen atoms in total. The maximum absolute atomic E-state index is 12.4. The summed E-state index contributed by atoms with van der Waals surface area (Å²) in [4.78, 5) is 12.4. The first-order valence-corrected chi connectivity index (χ1v) is 10.1. The lowest BCUT2D eigenvalue weighted by Gasteiger charge is -2.13. The predicted molar refractivity (Wildman–Crippen MR) is 120 cm³/mol. The lowest BCUT2D eigenvalue weighted by atomic mass is 9.94. The fourth-order valence-corrected chi connectivity index (χ4v) is 3.52. The molecule has 2 N–H and O–H groups in total. The van der Waals surface area contributed by atoms with Gasteiger partial charge in [0.05, 0.1) is 6.42 Å². The van der Waals surface area contributed by atoms with Crippen molar-refractivity contribution in [3.8, 4) is 16.9 Å². The Kier molecular flexibility index (Phi) is 6.38. The van der Waals surface area contributed by atoms with Crippen molar-refractivity contribution in [2.45, 2.75) is 40.5 Å². The van der Waals surface area contributed by atoms with Gasteiger partial charge in [0.2, 0.25) is 5.91 Å². The predicted octanol–water partition coefficient (Wildman–Crippen LogP) is 6.06. The molecule has 3 aromatic carbocycles. The number of benzene rings is 3. The zero-order valence-corrected chi connectivity index (χ0v) is 17.6. The topological polar surface area (TPSA) is 49.3 Å². The standard InChI is InChI=1S/C26H29NO2/c1-17(2)13-21-7-8-22(14-18(21)3)23-9-12-25(19(4)15-23)27-26(29)16-20-5-10-24(28)11-6-20/h5-12,14-15,17,28H,13,16H2,1-4H3,(H,27,29). The minimum atomic E-state index is -0.0691. The van der Waals surface area contributed by atoms with Crippen LogP contribution in [0.5, 0.6) is 5.75 Å². The molecule has 0 heterocycles. The summed E-state index contributed by atoms with van der Waals surface area (Å²) < 4.78 is 0. The Morgan fingerprint density at radius 3 is 2.10 bits per heavy atom. The van der Waals surface area contributed by atoms with Crippen LogP contribution in [0.1, 0.15) is 36.1 Å². The molecule has 0 aliphatic heterocycles. The van der Waals surface area contributed by atoms with Crippen molar-refractivity contribution in [1.82, 2.24) is 0 Å². The van der Waals surface area contributed by atoms with Gasteiger partial charge in [-0.25, -0.2) is 0 Å². The number of phenolic OH excluding ortho intramolecular Hbond substituents is 1.